The first-order valence-corrected chi connectivity index (χ1v) is 13.7. The molecule has 0 saturated heterocycles. The van der Waals surface area contributed by atoms with Crippen molar-refractivity contribution in [3.05, 3.63) is 71.8 Å². The molecule has 37 heavy (non-hydrogen) atoms. The Morgan fingerprint density at radius 3 is 1.92 bits per heavy atom. The molecule has 6 rings (SSSR count). The molecule has 0 spiro atoms. The van der Waals surface area contributed by atoms with Gasteiger partial charge in [0, 0.05) is 25.6 Å². The van der Waals surface area contributed by atoms with Crippen LogP contribution in [0.15, 0.2) is 60.7 Å². The van der Waals surface area contributed by atoms with Crippen LogP contribution in [-0.4, -0.2) is 47.9 Å². The molecule has 2 aromatic carbocycles. The molecule has 6 nitrogen and oxygen atoms in total. The molecule has 2 amide bonds. The monoisotopic (exact) mass is 502 g/mol. The smallest absolute Gasteiger partial charge is 0.312 e. The van der Waals surface area contributed by atoms with E-state index in [1.54, 1.807) is 6.92 Å². The fourth-order valence-corrected chi connectivity index (χ4v) is 7.57. The van der Waals surface area contributed by atoms with Gasteiger partial charge in [-0.1, -0.05) is 60.7 Å². The average molecular weight is 503 g/mol. The summed E-state index contributed by atoms with van der Waals surface area (Å²) < 4.78 is 5.78. The number of carbonyl (C=O) groups is 3. The number of hydrogen-bond donors (Lipinski definition) is 1. The van der Waals surface area contributed by atoms with Gasteiger partial charge in [-0.3, -0.25) is 14.4 Å². The predicted octanol–water partition coefficient (Wildman–Crippen LogP) is 4.32. The second-order valence-corrected chi connectivity index (χ2v) is 11.6. The van der Waals surface area contributed by atoms with Crippen molar-refractivity contribution in [3.8, 4) is 0 Å². The van der Waals surface area contributed by atoms with Gasteiger partial charge < -0.3 is 15.0 Å². The second kappa shape index (κ2) is 10.7. The number of benzene rings is 2. The van der Waals surface area contributed by atoms with Crippen molar-refractivity contribution in [2.75, 3.05) is 19.7 Å². The van der Waals surface area contributed by atoms with Crippen LogP contribution in [-0.2, 0) is 32.0 Å². The van der Waals surface area contributed by atoms with Crippen molar-refractivity contribution in [2.24, 2.45) is 17.3 Å². The fourth-order valence-electron chi connectivity index (χ4n) is 7.57. The van der Waals surface area contributed by atoms with E-state index in [0.717, 1.165) is 44.9 Å². The number of rotatable bonds is 10. The van der Waals surface area contributed by atoms with E-state index in [4.69, 9.17) is 4.74 Å². The van der Waals surface area contributed by atoms with Gasteiger partial charge >= 0.3 is 5.97 Å². The molecule has 4 aliphatic carbocycles. The molecule has 0 unspecified atom stereocenters. The lowest BCUT2D eigenvalue weighted by Gasteiger charge is -2.60. The highest BCUT2D eigenvalue weighted by molar-refractivity contribution is 5.83. The molecule has 2 aromatic rings. The van der Waals surface area contributed by atoms with Crippen LogP contribution in [0.3, 0.4) is 0 Å². The zero-order valence-corrected chi connectivity index (χ0v) is 21.8. The summed E-state index contributed by atoms with van der Waals surface area (Å²) in [6, 6.07) is 20.3. The lowest BCUT2D eigenvalue weighted by atomic mass is 9.47. The van der Waals surface area contributed by atoms with E-state index < -0.39 is 5.41 Å². The van der Waals surface area contributed by atoms with Crippen LogP contribution in [0.25, 0.3) is 0 Å². The zero-order valence-electron chi connectivity index (χ0n) is 21.8. The Bertz CT molecular complexity index is 1060. The van der Waals surface area contributed by atoms with Crippen molar-refractivity contribution < 1.29 is 19.1 Å². The highest BCUT2D eigenvalue weighted by Gasteiger charge is 2.61. The third kappa shape index (κ3) is 5.89. The normalized spacial score (nSPS) is 27.5. The molecular formula is C31H38N2O4. The largest absolute Gasteiger partial charge is 0.455 e. The number of carbonyl (C=O) groups excluding carboxylic acids is 3. The molecule has 0 aliphatic heterocycles. The van der Waals surface area contributed by atoms with Crippen molar-refractivity contribution in [1.29, 1.82) is 0 Å². The van der Waals surface area contributed by atoms with Gasteiger partial charge in [-0.05, 0) is 74.3 Å². The summed E-state index contributed by atoms with van der Waals surface area (Å²) in [4.78, 5) is 40.6. The zero-order chi connectivity index (χ0) is 25.9. The van der Waals surface area contributed by atoms with Gasteiger partial charge in [0.1, 0.15) is 0 Å². The Morgan fingerprint density at radius 1 is 0.865 bits per heavy atom. The Morgan fingerprint density at radius 2 is 1.41 bits per heavy atom. The van der Waals surface area contributed by atoms with Gasteiger partial charge in [0.15, 0.2) is 6.61 Å². The van der Waals surface area contributed by atoms with Gasteiger partial charge in [-0.25, -0.2) is 0 Å². The molecule has 4 aliphatic rings. The summed E-state index contributed by atoms with van der Waals surface area (Å²) in [7, 11) is 0. The van der Waals surface area contributed by atoms with Crippen LogP contribution in [0, 0.1) is 17.3 Å². The van der Waals surface area contributed by atoms with Crippen molar-refractivity contribution >= 4 is 17.8 Å². The molecule has 4 saturated carbocycles. The molecular weight excluding hydrogens is 464 g/mol. The first-order valence-electron chi connectivity index (χ1n) is 13.7. The highest BCUT2D eigenvalue weighted by atomic mass is 16.5. The number of hydrogen-bond acceptors (Lipinski definition) is 4. The summed E-state index contributed by atoms with van der Waals surface area (Å²) >= 11 is 0. The topological polar surface area (TPSA) is 75.7 Å². The fraction of sp³-hybridized carbons (Fsp3) is 0.516. The predicted molar refractivity (Wildman–Crippen MR) is 141 cm³/mol. The van der Waals surface area contributed by atoms with Crippen LogP contribution < -0.4 is 5.32 Å². The van der Waals surface area contributed by atoms with Crippen molar-refractivity contribution in [3.63, 3.8) is 0 Å². The van der Waals surface area contributed by atoms with E-state index in [-0.39, 0.29) is 29.9 Å². The maximum absolute atomic E-state index is 13.5. The Balaban J connectivity index is 1.23. The number of nitrogens with one attached hydrogen (secondary N) is 1. The molecule has 0 radical (unpaired) electrons. The molecule has 0 aromatic heterocycles. The van der Waals surface area contributed by atoms with Crippen LogP contribution in [0.1, 0.15) is 56.6 Å². The minimum absolute atomic E-state index is 0.0341. The number of nitrogens with zero attached hydrogens (tertiary/aromatic N) is 1. The van der Waals surface area contributed by atoms with E-state index in [2.05, 4.69) is 29.6 Å². The maximum atomic E-state index is 13.5. The summed E-state index contributed by atoms with van der Waals surface area (Å²) in [6.45, 7) is 2.48. The summed E-state index contributed by atoms with van der Waals surface area (Å²) in [5.74, 6) is 0.430. The van der Waals surface area contributed by atoms with Crippen molar-refractivity contribution in [2.45, 2.75) is 63.8 Å². The van der Waals surface area contributed by atoms with Gasteiger partial charge in [-0.2, -0.15) is 0 Å². The van der Waals surface area contributed by atoms with E-state index in [1.165, 1.54) is 11.1 Å². The van der Waals surface area contributed by atoms with Crippen LogP contribution in [0.2, 0.25) is 0 Å². The third-order valence-electron chi connectivity index (χ3n) is 8.64. The summed E-state index contributed by atoms with van der Waals surface area (Å²) in [6.07, 6.45) is 6.78. The first-order chi connectivity index (χ1) is 17.8. The number of amides is 2. The summed E-state index contributed by atoms with van der Waals surface area (Å²) in [5.41, 5.74) is 1.48. The Kier molecular flexibility index (Phi) is 7.36. The van der Waals surface area contributed by atoms with Gasteiger partial charge in [0.05, 0.1) is 5.41 Å². The standard InChI is InChI=1S/C31H38N2O4/c1-23(34)32-31-19-26-16-27(20-31)18-30(17-26,22-31)29(36)37-21-28(35)33(14-12-24-8-4-2-5-9-24)15-13-25-10-6-3-7-11-25/h2-11,26-27H,12-22H2,1H3,(H,32,34)/t26-,27-,30?,31?/m0/s1. The number of ether oxygens (including phenoxy) is 1. The van der Waals surface area contributed by atoms with E-state index in [0.29, 0.717) is 31.3 Å². The summed E-state index contributed by atoms with van der Waals surface area (Å²) in [5, 5.41) is 3.19. The molecule has 4 bridgehead atoms. The molecule has 2 atom stereocenters. The Labute approximate surface area is 219 Å². The number of esters is 1. The SMILES string of the molecule is CC(=O)NC12C[C@H]3C[C@H](C1)CC(C(=O)OCC(=O)N(CCc1ccccc1)CCc1ccccc1)(C3)C2. The molecule has 4 fully saturated rings. The second-order valence-electron chi connectivity index (χ2n) is 11.6. The van der Waals surface area contributed by atoms with Crippen LogP contribution in [0.5, 0.6) is 0 Å². The highest BCUT2D eigenvalue weighted by Crippen LogP contribution is 2.62. The first kappa shape index (κ1) is 25.5. The van der Waals surface area contributed by atoms with Crippen LogP contribution in [0.4, 0.5) is 0 Å². The van der Waals surface area contributed by atoms with E-state index >= 15 is 0 Å². The average Bonchev–Trinajstić information content (AvgIpc) is 2.86. The third-order valence-corrected chi connectivity index (χ3v) is 8.64. The van der Waals surface area contributed by atoms with Crippen LogP contribution >= 0.6 is 0 Å². The quantitative estimate of drug-likeness (QED) is 0.491. The molecule has 196 valence electrons. The lowest BCUT2D eigenvalue weighted by molar-refractivity contribution is -0.178. The van der Waals surface area contributed by atoms with Gasteiger partial charge in [0.2, 0.25) is 5.91 Å². The Hall–Kier alpha value is -3.15. The minimum atomic E-state index is -0.578. The van der Waals surface area contributed by atoms with E-state index in [1.807, 2.05) is 41.3 Å². The van der Waals surface area contributed by atoms with Crippen molar-refractivity contribution in [1.82, 2.24) is 10.2 Å². The van der Waals surface area contributed by atoms with Gasteiger partial charge in [0.25, 0.3) is 5.91 Å². The molecule has 6 heteroatoms. The molecule has 1 N–H and O–H groups in total. The maximum Gasteiger partial charge on any atom is 0.312 e. The van der Waals surface area contributed by atoms with Gasteiger partial charge in [-0.15, -0.1) is 0 Å². The minimum Gasteiger partial charge on any atom is -0.455 e. The molecule has 0 heterocycles. The lowest BCUT2D eigenvalue weighted by Crippen LogP contribution is -2.64. The van der Waals surface area contributed by atoms with E-state index in [9.17, 15) is 14.4 Å².